The Labute approximate surface area is 91.5 Å². The van der Waals surface area contributed by atoms with Crippen LogP contribution < -0.4 is 5.32 Å². The van der Waals surface area contributed by atoms with E-state index in [2.05, 4.69) is 41.2 Å². The lowest BCUT2D eigenvalue weighted by Gasteiger charge is -2.35. The second kappa shape index (κ2) is 4.73. The first-order chi connectivity index (χ1) is 7.27. The molecular formula is C12H19N3. The molecule has 1 aliphatic rings. The van der Waals surface area contributed by atoms with Crippen LogP contribution in [0.1, 0.15) is 25.6 Å². The molecule has 1 aromatic rings. The normalized spacial score (nSPS) is 25.1. The number of hydrogen-bond acceptors (Lipinski definition) is 3. The van der Waals surface area contributed by atoms with Gasteiger partial charge in [0.2, 0.25) is 0 Å². The molecule has 1 saturated heterocycles. The summed E-state index contributed by atoms with van der Waals surface area (Å²) < 4.78 is 0. The smallest absolute Gasteiger partial charge is 0.0572 e. The van der Waals surface area contributed by atoms with Gasteiger partial charge in [0.15, 0.2) is 0 Å². The van der Waals surface area contributed by atoms with Crippen LogP contribution in [0.25, 0.3) is 0 Å². The maximum absolute atomic E-state index is 4.42. The van der Waals surface area contributed by atoms with Gasteiger partial charge in [-0.3, -0.25) is 9.88 Å². The van der Waals surface area contributed by atoms with Crippen molar-refractivity contribution in [3.05, 3.63) is 30.1 Å². The molecule has 0 unspecified atom stereocenters. The van der Waals surface area contributed by atoms with Gasteiger partial charge in [0.25, 0.3) is 0 Å². The average Bonchev–Trinajstić information content (AvgIpc) is 2.29. The van der Waals surface area contributed by atoms with Gasteiger partial charge in [-0.15, -0.1) is 0 Å². The second-order valence-electron chi connectivity index (χ2n) is 4.28. The quantitative estimate of drug-likeness (QED) is 0.792. The predicted octanol–water partition coefficient (Wildman–Crippen LogP) is 1.44. The first kappa shape index (κ1) is 10.6. The topological polar surface area (TPSA) is 28.2 Å². The molecule has 1 aromatic heterocycles. The molecule has 0 amide bonds. The van der Waals surface area contributed by atoms with Gasteiger partial charge in [-0.1, -0.05) is 6.07 Å². The van der Waals surface area contributed by atoms with Gasteiger partial charge in [-0.2, -0.15) is 0 Å². The van der Waals surface area contributed by atoms with Crippen LogP contribution in [0, 0.1) is 0 Å². The molecule has 15 heavy (non-hydrogen) atoms. The molecule has 0 aliphatic carbocycles. The molecule has 3 nitrogen and oxygen atoms in total. The Kier molecular flexibility index (Phi) is 3.34. The molecule has 0 saturated carbocycles. The molecule has 2 rings (SSSR count). The zero-order valence-corrected chi connectivity index (χ0v) is 9.48. The van der Waals surface area contributed by atoms with E-state index in [-0.39, 0.29) is 0 Å². The molecule has 3 heteroatoms. The summed E-state index contributed by atoms with van der Waals surface area (Å²) in [5.74, 6) is 0. The minimum absolute atomic E-state index is 0.427. The fourth-order valence-corrected chi connectivity index (χ4v) is 2.12. The van der Waals surface area contributed by atoms with Crippen LogP contribution in [0.3, 0.4) is 0 Å². The third-order valence-corrected chi connectivity index (χ3v) is 3.06. The average molecular weight is 205 g/mol. The summed E-state index contributed by atoms with van der Waals surface area (Å²) >= 11 is 0. The van der Waals surface area contributed by atoms with E-state index >= 15 is 0 Å². The summed E-state index contributed by atoms with van der Waals surface area (Å²) in [6.07, 6.45) is 1.87. The van der Waals surface area contributed by atoms with Crippen LogP contribution in [0.4, 0.5) is 0 Å². The molecule has 0 bridgehead atoms. The number of nitrogens with one attached hydrogen (secondary N) is 1. The van der Waals surface area contributed by atoms with Crippen molar-refractivity contribution in [3.63, 3.8) is 0 Å². The molecule has 1 N–H and O–H groups in total. The van der Waals surface area contributed by atoms with Crippen LogP contribution in [-0.2, 0) is 0 Å². The fourth-order valence-electron chi connectivity index (χ4n) is 2.12. The lowest BCUT2D eigenvalue weighted by Crippen LogP contribution is -2.49. The van der Waals surface area contributed by atoms with Gasteiger partial charge in [0, 0.05) is 37.9 Å². The van der Waals surface area contributed by atoms with Gasteiger partial charge in [0.05, 0.1) is 5.69 Å². The number of nitrogens with zero attached hydrogens (tertiary/aromatic N) is 2. The summed E-state index contributed by atoms with van der Waals surface area (Å²) in [6, 6.07) is 7.15. The van der Waals surface area contributed by atoms with Crippen molar-refractivity contribution in [2.24, 2.45) is 0 Å². The van der Waals surface area contributed by atoms with E-state index in [1.165, 1.54) is 5.69 Å². The van der Waals surface area contributed by atoms with Gasteiger partial charge in [-0.25, -0.2) is 0 Å². The molecule has 0 radical (unpaired) electrons. The summed E-state index contributed by atoms with van der Waals surface area (Å²) in [5.41, 5.74) is 1.17. The highest BCUT2D eigenvalue weighted by Gasteiger charge is 2.21. The Hall–Kier alpha value is -0.930. The summed E-state index contributed by atoms with van der Waals surface area (Å²) in [4.78, 5) is 6.91. The largest absolute Gasteiger partial charge is 0.312 e. The molecule has 82 valence electrons. The Bertz CT molecular complexity index is 299. The predicted molar refractivity (Wildman–Crippen MR) is 61.7 cm³/mol. The van der Waals surface area contributed by atoms with Gasteiger partial charge in [-0.05, 0) is 26.0 Å². The maximum atomic E-state index is 4.42. The van der Waals surface area contributed by atoms with Crippen LogP contribution in [0.15, 0.2) is 24.4 Å². The van der Waals surface area contributed by atoms with Crippen molar-refractivity contribution in [3.8, 4) is 0 Å². The van der Waals surface area contributed by atoms with Crippen molar-refractivity contribution in [1.82, 2.24) is 15.2 Å². The highest BCUT2D eigenvalue weighted by Crippen LogP contribution is 2.18. The number of pyridine rings is 1. The number of piperazine rings is 1. The molecule has 0 aromatic carbocycles. The van der Waals surface area contributed by atoms with Crippen molar-refractivity contribution in [2.75, 3.05) is 19.6 Å². The van der Waals surface area contributed by atoms with Crippen LogP contribution >= 0.6 is 0 Å². The van der Waals surface area contributed by atoms with Crippen molar-refractivity contribution in [1.29, 1.82) is 0 Å². The van der Waals surface area contributed by atoms with E-state index in [1.807, 2.05) is 12.3 Å². The Morgan fingerprint density at radius 3 is 3.07 bits per heavy atom. The van der Waals surface area contributed by atoms with E-state index in [0.717, 1.165) is 19.6 Å². The molecule has 2 heterocycles. The molecule has 0 spiro atoms. The van der Waals surface area contributed by atoms with E-state index in [0.29, 0.717) is 12.1 Å². The van der Waals surface area contributed by atoms with E-state index in [4.69, 9.17) is 0 Å². The number of rotatable bonds is 2. The van der Waals surface area contributed by atoms with Gasteiger partial charge in [0.1, 0.15) is 0 Å². The Morgan fingerprint density at radius 1 is 1.53 bits per heavy atom. The lowest BCUT2D eigenvalue weighted by molar-refractivity contribution is 0.156. The summed E-state index contributed by atoms with van der Waals surface area (Å²) in [5, 5.41) is 3.46. The Balaban J connectivity index is 2.04. The molecule has 2 atom stereocenters. The summed E-state index contributed by atoms with van der Waals surface area (Å²) in [6.45, 7) is 7.77. The zero-order valence-electron chi connectivity index (χ0n) is 9.48. The van der Waals surface area contributed by atoms with Crippen LogP contribution in [0.5, 0.6) is 0 Å². The second-order valence-corrected chi connectivity index (χ2v) is 4.28. The minimum atomic E-state index is 0.427. The van der Waals surface area contributed by atoms with Crippen molar-refractivity contribution in [2.45, 2.75) is 25.9 Å². The molecule has 1 aliphatic heterocycles. The monoisotopic (exact) mass is 205 g/mol. The highest BCUT2D eigenvalue weighted by molar-refractivity contribution is 5.08. The first-order valence-electron chi connectivity index (χ1n) is 5.65. The van der Waals surface area contributed by atoms with Crippen LogP contribution in [-0.4, -0.2) is 35.6 Å². The minimum Gasteiger partial charge on any atom is -0.312 e. The van der Waals surface area contributed by atoms with Crippen LogP contribution in [0.2, 0.25) is 0 Å². The van der Waals surface area contributed by atoms with Gasteiger partial charge >= 0.3 is 0 Å². The first-order valence-corrected chi connectivity index (χ1v) is 5.65. The SMILES string of the molecule is C[C@@H]1CN([C@H](C)c2ccccn2)CCN1. The van der Waals surface area contributed by atoms with E-state index in [1.54, 1.807) is 0 Å². The lowest BCUT2D eigenvalue weighted by atomic mass is 10.1. The van der Waals surface area contributed by atoms with E-state index in [9.17, 15) is 0 Å². The van der Waals surface area contributed by atoms with E-state index < -0.39 is 0 Å². The highest BCUT2D eigenvalue weighted by atomic mass is 15.2. The third-order valence-electron chi connectivity index (χ3n) is 3.06. The van der Waals surface area contributed by atoms with Crippen molar-refractivity contribution >= 4 is 0 Å². The number of aromatic nitrogens is 1. The molecule has 1 fully saturated rings. The third kappa shape index (κ3) is 2.55. The fraction of sp³-hybridized carbons (Fsp3) is 0.583. The zero-order chi connectivity index (χ0) is 10.7. The summed E-state index contributed by atoms with van der Waals surface area (Å²) in [7, 11) is 0. The maximum Gasteiger partial charge on any atom is 0.0572 e. The standard InChI is InChI=1S/C12H19N3/c1-10-9-15(8-7-13-10)11(2)12-5-3-4-6-14-12/h3-6,10-11,13H,7-9H2,1-2H3/t10-,11-/m1/s1. The number of hydrogen-bond donors (Lipinski definition) is 1. The van der Waals surface area contributed by atoms with Crippen molar-refractivity contribution < 1.29 is 0 Å². The Morgan fingerprint density at radius 2 is 2.40 bits per heavy atom. The molecular weight excluding hydrogens is 186 g/mol. The van der Waals surface area contributed by atoms with Gasteiger partial charge < -0.3 is 5.32 Å².